The van der Waals surface area contributed by atoms with Crippen LogP contribution in [0, 0.1) is 5.92 Å². The highest BCUT2D eigenvalue weighted by Gasteiger charge is 2.45. The minimum Gasteiger partial charge on any atom is -0.493 e. The molecule has 4 rings (SSSR count). The van der Waals surface area contributed by atoms with Crippen LogP contribution in [0.25, 0.3) is 0 Å². The minimum atomic E-state index is -4.15. The van der Waals surface area contributed by atoms with Crippen molar-refractivity contribution in [2.45, 2.75) is 31.5 Å². The molecule has 3 aromatic rings. The lowest BCUT2D eigenvalue weighted by Gasteiger charge is -2.32. The van der Waals surface area contributed by atoms with Crippen LogP contribution in [0.1, 0.15) is 29.9 Å². The predicted molar refractivity (Wildman–Crippen MR) is 145 cm³/mol. The molecular weight excluding hydrogens is 555 g/mol. The maximum absolute atomic E-state index is 13.2. The lowest BCUT2D eigenvalue weighted by Crippen LogP contribution is -2.36. The van der Waals surface area contributed by atoms with E-state index in [-0.39, 0.29) is 18.3 Å². The topological polar surface area (TPSA) is 30.5 Å². The Morgan fingerprint density at radius 2 is 1.33 bits per heavy atom. The summed E-state index contributed by atoms with van der Waals surface area (Å²) >= 11 is 3.32. The van der Waals surface area contributed by atoms with Gasteiger partial charge in [-0.1, -0.05) is 76.6 Å². The number of hydrogen-bond donors (Lipinski definition) is 1. The van der Waals surface area contributed by atoms with Gasteiger partial charge in [-0.3, -0.25) is 0 Å². The average molecular weight is 587 g/mol. The number of ether oxygens (including phenoxy) is 2. The Hall–Kier alpha value is -2.22. The number of alkyl halides is 4. The summed E-state index contributed by atoms with van der Waals surface area (Å²) in [5, 5.41) is 3.94. The molecule has 36 heavy (non-hydrogen) atoms. The molecule has 196 valence electrons. The van der Waals surface area contributed by atoms with Crippen molar-refractivity contribution in [1.82, 2.24) is 5.32 Å². The summed E-state index contributed by atoms with van der Waals surface area (Å²) in [6.07, 6.45) is -2.96. The van der Waals surface area contributed by atoms with E-state index >= 15 is 0 Å². The molecule has 0 radical (unpaired) electrons. The van der Waals surface area contributed by atoms with Gasteiger partial charge in [-0.05, 0) is 67.2 Å². The third kappa shape index (κ3) is 10.0. The molecule has 0 aromatic heterocycles. The molecule has 1 N–H and O–H groups in total. The van der Waals surface area contributed by atoms with Crippen LogP contribution in [-0.2, 0) is 6.61 Å². The number of nitrogens with one attached hydrogen (secondary N) is 1. The van der Waals surface area contributed by atoms with E-state index in [2.05, 4.69) is 21.2 Å². The lowest BCUT2D eigenvalue weighted by atomic mass is 9.80. The zero-order valence-electron chi connectivity index (χ0n) is 19.9. The third-order valence-electron chi connectivity index (χ3n) is 5.78. The first-order valence-corrected chi connectivity index (χ1v) is 12.9. The van der Waals surface area contributed by atoms with Crippen molar-refractivity contribution in [3.63, 3.8) is 0 Å². The van der Waals surface area contributed by atoms with Crippen molar-refractivity contribution in [2.24, 2.45) is 5.92 Å². The van der Waals surface area contributed by atoms with E-state index in [4.69, 9.17) is 9.47 Å². The van der Waals surface area contributed by atoms with Crippen LogP contribution in [0.2, 0.25) is 0 Å². The Bertz CT molecular complexity index is 970. The van der Waals surface area contributed by atoms with Crippen molar-refractivity contribution < 1.29 is 22.6 Å². The zero-order chi connectivity index (χ0) is 24.9. The summed E-state index contributed by atoms with van der Waals surface area (Å²) < 4.78 is 50.7. The lowest BCUT2D eigenvalue weighted by molar-refractivity contribution is -0.164. The van der Waals surface area contributed by atoms with Gasteiger partial charge in [0.05, 0.1) is 12.5 Å². The summed E-state index contributed by atoms with van der Waals surface area (Å²) in [4.78, 5) is 0. The van der Waals surface area contributed by atoms with Gasteiger partial charge in [-0.15, -0.1) is 12.4 Å². The van der Waals surface area contributed by atoms with Gasteiger partial charge in [0.25, 0.3) is 0 Å². The van der Waals surface area contributed by atoms with Crippen LogP contribution in [0.3, 0.4) is 0 Å². The van der Waals surface area contributed by atoms with Gasteiger partial charge < -0.3 is 14.8 Å². The molecule has 1 saturated heterocycles. The van der Waals surface area contributed by atoms with Crippen molar-refractivity contribution in [2.75, 3.05) is 25.0 Å². The molecule has 1 fully saturated rings. The van der Waals surface area contributed by atoms with Crippen LogP contribution in [0.5, 0.6) is 11.5 Å². The van der Waals surface area contributed by atoms with Gasteiger partial charge in [0.2, 0.25) is 0 Å². The molecule has 0 bridgehead atoms. The Morgan fingerprint density at radius 1 is 0.806 bits per heavy atom. The van der Waals surface area contributed by atoms with Gasteiger partial charge in [0.1, 0.15) is 18.1 Å². The largest absolute Gasteiger partial charge is 0.493 e. The SMILES string of the molecule is BrCCOc1ccc(OCc2ccccc2)cc1.Cl.FC(F)(F)C(c1ccccc1)C1CCNCC1. The second-order valence-electron chi connectivity index (χ2n) is 8.30. The fourth-order valence-electron chi connectivity index (χ4n) is 4.10. The second kappa shape index (κ2) is 15.8. The average Bonchev–Trinajstić information content (AvgIpc) is 2.88. The van der Waals surface area contributed by atoms with Gasteiger partial charge in [0.15, 0.2) is 0 Å². The van der Waals surface area contributed by atoms with E-state index in [1.807, 2.05) is 54.6 Å². The molecule has 3 nitrogen and oxygen atoms in total. The number of hydrogen-bond acceptors (Lipinski definition) is 3. The molecular formula is C28H32BrClF3NO2. The third-order valence-corrected chi connectivity index (χ3v) is 6.11. The van der Waals surface area contributed by atoms with E-state index in [9.17, 15) is 13.2 Å². The Morgan fingerprint density at radius 3 is 1.86 bits per heavy atom. The molecule has 1 atom stereocenters. The van der Waals surface area contributed by atoms with Crippen molar-refractivity contribution >= 4 is 28.3 Å². The normalized spacial score (nSPS) is 14.6. The molecule has 8 heteroatoms. The van der Waals surface area contributed by atoms with E-state index < -0.39 is 12.1 Å². The van der Waals surface area contributed by atoms with Crippen LogP contribution in [0.15, 0.2) is 84.9 Å². The number of piperidine rings is 1. The first-order valence-electron chi connectivity index (χ1n) is 11.8. The zero-order valence-corrected chi connectivity index (χ0v) is 22.3. The highest BCUT2D eigenvalue weighted by molar-refractivity contribution is 9.09. The summed E-state index contributed by atoms with van der Waals surface area (Å²) in [7, 11) is 0. The summed E-state index contributed by atoms with van der Waals surface area (Å²) in [5.41, 5.74) is 1.56. The van der Waals surface area contributed by atoms with Gasteiger partial charge >= 0.3 is 6.18 Å². The standard InChI is InChI=1S/C15H15BrO2.C13H16F3N.ClH/c16-10-11-17-14-6-8-15(9-7-14)18-12-13-4-2-1-3-5-13;14-13(15,16)12(10-4-2-1-3-5-10)11-6-8-17-9-7-11;/h1-9H,10-12H2;1-5,11-12,17H,6-9H2;1H. The smallest absolute Gasteiger partial charge is 0.396 e. The molecule has 1 heterocycles. The van der Waals surface area contributed by atoms with Crippen molar-refractivity contribution in [3.05, 3.63) is 96.1 Å². The van der Waals surface area contributed by atoms with Crippen LogP contribution >= 0.6 is 28.3 Å². The number of rotatable bonds is 8. The maximum Gasteiger partial charge on any atom is 0.396 e. The molecule has 1 aliphatic heterocycles. The van der Waals surface area contributed by atoms with Gasteiger partial charge in [-0.25, -0.2) is 0 Å². The quantitative estimate of drug-likeness (QED) is 0.273. The van der Waals surface area contributed by atoms with Crippen molar-refractivity contribution in [1.29, 1.82) is 0 Å². The summed E-state index contributed by atoms with van der Waals surface area (Å²) in [5.74, 6) is 0.107. The Labute approximate surface area is 225 Å². The van der Waals surface area contributed by atoms with Crippen LogP contribution in [-0.4, -0.2) is 31.2 Å². The van der Waals surface area contributed by atoms with Gasteiger partial charge in [0, 0.05) is 5.33 Å². The Balaban J connectivity index is 0.000000247. The van der Waals surface area contributed by atoms with E-state index in [0.717, 1.165) is 22.4 Å². The predicted octanol–water partition coefficient (Wildman–Crippen LogP) is 7.79. The molecule has 3 aromatic carbocycles. The van der Waals surface area contributed by atoms with Crippen molar-refractivity contribution in [3.8, 4) is 11.5 Å². The summed E-state index contributed by atoms with van der Waals surface area (Å²) in [6, 6.07) is 26.1. The van der Waals surface area contributed by atoms with Crippen LogP contribution in [0.4, 0.5) is 13.2 Å². The maximum atomic E-state index is 13.2. The first kappa shape index (κ1) is 30.0. The fourth-order valence-corrected chi connectivity index (χ4v) is 4.26. The number of halogens is 5. The van der Waals surface area contributed by atoms with Crippen LogP contribution < -0.4 is 14.8 Å². The molecule has 0 amide bonds. The highest BCUT2D eigenvalue weighted by atomic mass is 79.9. The molecule has 0 spiro atoms. The van der Waals surface area contributed by atoms with E-state index in [1.54, 1.807) is 30.3 Å². The number of benzene rings is 3. The van der Waals surface area contributed by atoms with Gasteiger partial charge in [-0.2, -0.15) is 13.2 Å². The van der Waals surface area contributed by atoms with E-state index in [0.29, 0.717) is 44.7 Å². The Kier molecular flexibility index (Phi) is 13.2. The minimum absolute atomic E-state index is 0. The molecule has 1 unspecified atom stereocenters. The second-order valence-corrected chi connectivity index (χ2v) is 9.09. The fraction of sp³-hybridized carbons (Fsp3) is 0.357. The molecule has 1 aliphatic rings. The monoisotopic (exact) mass is 585 g/mol. The first-order chi connectivity index (χ1) is 17.0. The molecule has 0 aliphatic carbocycles. The van der Waals surface area contributed by atoms with E-state index in [1.165, 1.54) is 0 Å². The summed E-state index contributed by atoms with van der Waals surface area (Å²) in [6.45, 7) is 2.63. The highest BCUT2D eigenvalue weighted by Crippen LogP contribution is 2.43. The molecule has 0 saturated carbocycles.